The zero-order chi connectivity index (χ0) is 20.1. The largest absolute Gasteiger partial charge is 0.367 e. The lowest BCUT2D eigenvalue weighted by atomic mass is 10.00. The third kappa shape index (κ3) is 4.96. The van der Waals surface area contributed by atoms with Gasteiger partial charge in [-0.2, -0.15) is 0 Å². The lowest BCUT2D eigenvalue weighted by molar-refractivity contribution is 0.102. The molecule has 8 heteroatoms. The number of hydrogen-bond acceptors (Lipinski definition) is 7. The van der Waals surface area contributed by atoms with Crippen molar-refractivity contribution in [3.8, 4) is 0 Å². The smallest absolute Gasteiger partial charge is 0.259 e. The highest BCUT2D eigenvalue weighted by atomic mass is 32.1. The lowest BCUT2D eigenvalue weighted by Crippen LogP contribution is -2.40. The molecule has 1 atom stereocenters. The summed E-state index contributed by atoms with van der Waals surface area (Å²) in [6.45, 7) is 4.38. The molecular formula is C21H24N6OS. The molecule has 0 spiro atoms. The number of piperidine rings is 1. The number of benzene rings is 1. The highest BCUT2D eigenvalue weighted by Crippen LogP contribution is 2.25. The average molecular weight is 409 g/mol. The number of likely N-dealkylation sites (tertiary alicyclic amines) is 1. The van der Waals surface area contributed by atoms with Crippen LogP contribution in [0.15, 0.2) is 54.2 Å². The number of hydrogen-bond donors (Lipinski definition) is 2. The van der Waals surface area contributed by atoms with Gasteiger partial charge in [0, 0.05) is 31.4 Å². The standard InChI is InChI=1S/C21H24N6OS/c1-15(16-5-3-2-4-6-16)27-11-9-18(10-12-27)24-19-8-7-17(13-22-19)20(28)25-21-26-23-14-29-21/h2-8,13-15,18H,9-12H2,1H3,(H,22,24)(H,25,26,28). The first-order valence-electron chi connectivity index (χ1n) is 9.78. The van der Waals surface area contributed by atoms with Crippen LogP contribution in [0.4, 0.5) is 10.9 Å². The monoisotopic (exact) mass is 408 g/mol. The zero-order valence-corrected chi connectivity index (χ0v) is 17.1. The predicted octanol–water partition coefficient (Wildman–Crippen LogP) is 3.82. The molecule has 2 N–H and O–H groups in total. The molecular weight excluding hydrogens is 384 g/mol. The van der Waals surface area contributed by atoms with Crippen molar-refractivity contribution >= 4 is 28.2 Å². The molecule has 3 aromatic rings. The quantitative estimate of drug-likeness (QED) is 0.645. The van der Waals surface area contributed by atoms with Crippen LogP contribution in [-0.2, 0) is 0 Å². The Balaban J connectivity index is 1.28. The van der Waals surface area contributed by atoms with Gasteiger partial charge in [0.15, 0.2) is 0 Å². The van der Waals surface area contributed by atoms with E-state index in [1.165, 1.54) is 16.9 Å². The van der Waals surface area contributed by atoms with Crippen LogP contribution in [0.1, 0.15) is 41.7 Å². The Bertz CT molecular complexity index is 908. The molecule has 1 fully saturated rings. The number of pyridine rings is 1. The summed E-state index contributed by atoms with van der Waals surface area (Å²) in [6, 6.07) is 15.1. The van der Waals surface area contributed by atoms with Crippen molar-refractivity contribution in [1.29, 1.82) is 0 Å². The number of nitrogens with one attached hydrogen (secondary N) is 2. The highest BCUT2D eigenvalue weighted by Gasteiger charge is 2.23. The third-order valence-corrected chi connectivity index (χ3v) is 5.92. The fraction of sp³-hybridized carbons (Fsp3) is 0.333. The number of rotatable bonds is 6. The molecule has 1 aliphatic heterocycles. The summed E-state index contributed by atoms with van der Waals surface area (Å²) in [6.07, 6.45) is 3.72. The van der Waals surface area contributed by atoms with Gasteiger partial charge in [0.1, 0.15) is 11.3 Å². The fourth-order valence-corrected chi connectivity index (χ4v) is 4.03. The SMILES string of the molecule is CC(c1ccccc1)N1CCC(Nc2ccc(C(=O)Nc3nncs3)cn2)CC1. The zero-order valence-electron chi connectivity index (χ0n) is 16.3. The Labute approximate surface area is 174 Å². The number of carbonyl (C=O) groups is 1. The third-order valence-electron chi connectivity index (χ3n) is 5.32. The molecule has 29 heavy (non-hydrogen) atoms. The van der Waals surface area contributed by atoms with E-state index in [-0.39, 0.29) is 5.91 Å². The van der Waals surface area contributed by atoms with Crippen molar-refractivity contribution in [1.82, 2.24) is 20.1 Å². The van der Waals surface area contributed by atoms with Crippen LogP contribution in [0.2, 0.25) is 0 Å². The Morgan fingerprint density at radius 3 is 2.62 bits per heavy atom. The maximum absolute atomic E-state index is 12.2. The van der Waals surface area contributed by atoms with Gasteiger partial charge in [0.05, 0.1) is 5.56 Å². The van der Waals surface area contributed by atoms with E-state index in [9.17, 15) is 4.79 Å². The Hall–Kier alpha value is -2.84. The maximum atomic E-state index is 12.2. The molecule has 0 aliphatic carbocycles. The number of carbonyl (C=O) groups excluding carboxylic acids is 1. The van der Waals surface area contributed by atoms with Gasteiger partial charge in [-0.3, -0.25) is 15.0 Å². The molecule has 150 valence electrons. The van der Waals surface area contributed by atoms with Crippen LogP contribution in [-0.4, -0.2) is 45.1 Å². The summed E-state index contributed by atoms with van der Waals surface area (Å²) in [7, 11) is 0. The van der Waals surface area contributed by atoms with E-state index in [0.29, 0.717) is 22.8 Å². The molecule has 1 aliphatic rings. The number of amides is 1. The topological polar surface area (TPSA) is 83.0 Å². The first kappa shape index (κ1) is 19.5. The van der Waals surface area contributed by atoms with E-state index in [2.05, 4.69) is 68.0 Å². The molecule has 7 nitrogen and oxygen atoms in total. The van der Waals surface area contributed by atoms with Crippen LogP contribution < -0.4 is 10.6 Å². The van der Waals surface area contributed by atoms with Crippen LogP contribution in [0.25, 0.3) is 0 Å². The second-order valence-corrected chi connectivity index (χ2v) is 8.00. The van der Waals surface area contributed by atoms with Crippen molar-refractivity contribution < 1.29 is 4.79 Å². The van der Waals surface area contributed by atoms with Crippen molar-refractivity contribution in [2.75, 3.05) is 23.7 Å². The van der Waals surface area contributed by atoms with Crippen molar-refractivity contribution in [2.45, 2.75) is 31.8 Å². The number of anilines is 2. The summed E-state index contributed by atoms with van der Waals surface area (Å²) >= 11 is 1.28. The minimum absolute atomic E-state index is 0.232. The van der Waals surface area contributed by atoms with Crippen LogP contribution in [0.3, 0.4) is 0 Å². The second-order valence-electron chi connectivity index (χ2n) is 7.17. The highest BCUT2D eigenvalue weighted by molar-refractivity contribution is 7.13. The van der Waals surface area contributed by atoms with Gasteiger partial charge in [-0.15, -0.1) is 10.2 Å². The molecule has 3 heterocycles. The normalized spacial score (nSPS) is 16.3. The van der Waals surface area contributed by atoms with Crippen molar-refractivity contribution in [3.63, 3.8) is 0 Å². The van der Waals surface area contributed by atoms with Gasteiger partial charge in [0.2, 0.25) is 5.13 Å². The molecule has 1 amide bonds. The van der Waals surface area contributed by atoms with Gasteiger partial charge in [-0.05, 0) is 37.5 Å². The first-order valence-corrected chi connectivity index (χ1v) is 10.7. The van der Waals surface area contributed by atoms with E-state index in [1.54, 1.807) is 17.8 Å². The molecule has 1 unspecified atom stereocenters. The molecule has 0 radical (unpaired) electrons. The summed E-state index contributed by atoms with van der Waals surface area (Å²) in [5.41, 5.74) is 3.44. The molecule has 0 bridgehead atoms. The maximum Gasteiger partial charge on any atom is 0.259 e. The predicted molar refractivity (Wildman–Crippen MR) is 115 cm³/mol. The molecule has 1 aromatic carbocycles. The molecule has 2 aromatic heterocycles. The van der Waals surface area contributed by atoms with E-state index in [0.717, 1.165) is 31.7 Å². The Kier molecular flexibility index (Phi) is 6.12. The van der Waals surface area contributed by atoms with Crippen molar-refractivity contribution in [3.05, 3.63) is 65.3 Å². The summed E-state index contributed by atoms with van der Waals surface area (Å²) in [5.74, 6) is 0.566. The van der Waals surface area contributed by atoms with E-state index < -0.39 is 0 Å². The average Bonchev–Trinajstić information content (AvgIpc) is 3.28. The van der Waals surface area contributed by atoms with Gasteiger partial charge < -0.3 is 5.32 Å². The Morgan fingerprint density at radius 1 is 1.17 bits per heavy atom. The summed E-state index contributed by atoms with van der Waals surface area (Å²) in [5, 5.41) is 14.2. The minimum atomic E-state index is -0.232. The van der Waals surface area contributed by atoms with E-state index in [4.69, 9.17) is 0 Å². The van der Waals surface area contributed by atoms with Crippen LogP contribution >= 0.6 is 11.3 Å². The van der Waals surface area contributed by atoms with Crippen LogP contribution in [0, 0.1) is 0 Å². The molecule has 4 rings (SSSR count). The second kappa shape index (κ2) is 9.11. The van der Waals surface area contributed by atoms with E-state index >= 15 is 0 Å². The summed E-state index contributed by atoms with van der Waals surface area (Å²) in [4.78, 5) is 19.1. The molecule has 0 saturated carbocycles. The van der Waals surface area contributed by atoms with E-state index in [1.807, 2.05) is 6.07 Å². The minimum Gasteiger partial charge on any atom is -0.367 e. The van der Waals surface area contributed by atoms with Gasteiger partial charge in [-0.25, -0.2) is 4.98 Å². The van der Waals surface area contributed by atoms with Crippen molar-refractivity contribution in [2.24, 2.45) is 0 Å². The van der Waals surface area contributed by atoms with Gasteiger partial charge >= 0.3 is 0 Å². The fourth-order valence-electron chi connectivity index (χ4n) is 3.59. The number of aromatic nitrogens is 3. The molecule has 1 saturated heterocycles. The van der Waals surface area contributed by atoms with Crippen LogP contribution in [0.5, 0.6) is 0 Å². The van der Waals surface area contributed by atoms with Gasteiger partial charge in [0.25, 0.3) is 5.91 Å². The number of nitrogens with zero attached hydrogens (tertiary/aromatic N) is 4. The first-order chi connectivity index (χ1) is 14.2. The lowest BCUT2D eigenvalue weighted by Gasteiger charge is -2.36. The summed E-state index contributed by atoms with van der Waals surface area (Å²) < 4.78 is 0. The Morgan fingerprint density at radius 2 is 1.97 bits per heavy atom. The van der Waals surface area contributed by atoms with Gasteiger partial charge in [-0.1, -0.05) is 41.7 Å².